The maximum atomic E-state index is 12.6. The second-order valence-corrected chi connectivity index (χ2v) is 5.20. The van der Waals surface area contributed by atoms with E-state index in [0.29, 0.717) is 30.5 Å². The van der Waals surface area contributed by atoms with E-state index < -0.39 is 4.92 Å². The van der Waals surface area contributed by atoms with Crippen LogP contribution in [0.3, 0.4) is 0 Å². The van der Waals surface area contributed by atoms with Crippen molar-refractivity contribution in [2.45, 2.75) is 13.3 Å². The van der Waals surface area contributed by atoms with E-state index in [1.807, 2.05) is 0 Å². The van der Waals surface area contributed by atoms with Gasteiger partial charge in [0.2, 0.25) is 0 Å². The Morgan fingerprint density at radius 3 is 2.55 bits per heavy atom. The number of non-ortho nitro benzene ring substituents is 1. The van der Waals surface area contributed by atoms with Gasteiger partial charge in [0.05, 0.1) is 4.92 Å². The zero-order chi connectivity index (χ0) is 16.1. The minimum atomic E-state index is -0.525. The molecule has 118 valence electrons. The molecule has 0 N–H and O–H groups in total. The molecule has 0 spiro atoms. The molecule has 7 heteroatoms. The summed E-state index contributed by atoms with van der Waals surface area (Å²) in [5.41, 5.74) is 0.680. The van der Waals surface area contributed by atoms with Crippen molar-refractivity contribution in [1.29, 1.82) is 0 Å². The number of amides is 1. The van der Waals surface area contributed by atoms with Gasteiger partial charge < -0.3 is 14.6 Å². The molecule has 1 aliphatic heterocycles. The number of carbonyl (C=O) groups excluding carboxylic acids is 2. The fourth-order valence-electron chi connectivity index (χ4n) is 2.60. The summed E-state index contributed by atoms with van der Waals surface area (Å²) in [6.45, 7) is 5.93. The molecule has 1 aromatic carbocycles. The minimum Gasteiger partial charge on any atom is -0.336 e. The molecule has 0 bridgehead atoms. The van der Waals surface area contributed by atoms with Crippen LogP contribution in [0.15, 0.2) is 18.2 Å². The Morgan fingerprint density at radius 2 is 2.00 bits per heavy atom. The molecule has 0 aliphatic carbocycles. The molecule has 1 saturated heterocycles. The maximum absolute atomic E-state index is 12.6. The van der Waals surface area contributed by atoms with E-state index in [0.717, 1.165) is 19.6 Å². The molecule has 1 aromatic rings. The number of benzene rings is 1. The molecular weight excluding hydrogens is 286 g/mol. The molecule has 2 rings (SSSR count). The lowest BCUT2D eigenvalue weighted by molar-refractivity contribution is -0.384. The molecule has 0 aromatic heterocycles. The van der Waals surface area contributed by atoms with Crippen LogP contribution in [-0.2, 0) is 11.2 Å². The van der Waals surface area contributed by atoms with Crippen molar-refractivity contribution in [3.8, 4) is 0 Å². The summed E-state index contributed by atoms with van der Waals surface area (Å²) in [5.74, 6) is -0.164. The molecule has 0 radical (unpaired) electrons. The van der Waals surface area contributed by atoms with Crippen LogP contribution in [0.4, 0.5) is 5.69 Å². The fourth-order valence-corrected chi connectivity index (χ4v) is 2.60. The molecular formula is C15H19N3O4. The van der Waals surface area contributed by atoms with E-state index in [1.165, 1.54) is 18.2 Å². The molecule has 0 saturated carbocycles. The third-order valence-electron chi connectivity index (χ3n) is 3.94. The summed E-state index contributed by atoms with van der Waals surface area (Å²) >= 11 is 0. The molecule has 7 nitrogen and oxygen atoms in total. The van der Waals surface area contributed by atoms with Gasteiger partial charge >= 0.3 is 0 Å². The summed E-state index contributed by atoms with van der Waals surface area (Å²) in [6, 6.07) is 4.07. The van der Waals surface area contributed by atoms with E-state index in [9.17, 15) is 19.7 Å². The van der Waals surface area contributed by atoms with Crippen molar-refractivity contribution >= 4 is 17.9 Å². The summed E-state index contributed by atoms with van der Waals surface area (Å²) in [4.78, 5) is 37.7. The van der Waals surface area contributed by atoms with E-state index in [2.05, 4.69) is 11.8 Å². The molecule has 22 heavy (non-hydrogen) atoms. The van der Waals surface area contributed by atoms with Crippen LogP contribution >= 0.6 is 0 Å². The Morgan fingerprint density at radius 1 is 1.32 bits per heavy atom. The number of hydrogen-bond acceptors (Lipinski definition) is 5. The number of carbonyl (C=O) groups is 2. The van der Waals surface area contributed by atoms with Crippen LogP contribution in [0.1, 0.15) is 22.8 Å². The Kier molecular flexibility index (Phi) is 5.21. The summed E-state index contributed by atoms with van der Waals surface area (Å²) in [7, 11) is 0. The van der Waals surface area contributed by atoms with Crippen LogP contribution in [-0.4, -0.2) is 59.6 Å². The predicted molar refractivity (Wildman–Crippen MR) is 80.9 cm³/mol. The normalized spacial score (nSPS) is 15.6. The third-order valence-corrected chi connectivity index (χ3v) is 3.94. The van der Waals surface area contributed by atoms with E-state index in [1.54, 1.807) is 4.90 Å². The average Bonchev–Trinajstić information content (AvgIpc) is 2.54. The number of nitro benzene ring substituents is 1. The summed E-state index contributed by atoms with van der Waals surface area (Å²) in [5, 5.41) is 10.8. The number of piperazine rings is 1. The van der Waals surface area contributed by atoms with E-state index in [-0.39, 0.29) is 18.0 Å². The van der Waals surface area contributed by atoms with Crippen molar-refractivity contribution in [1.82, 2.24) is 9.80 Å². The lowest BCUT2D eigenvalue weighted by atomic mass is 10.0. The van der Waals surface area contributed by atoms with Gasteiger partial charge in [-0.3, -0.25) is 14.9 Å². The Hall–Kier alpha value is -2.28. The Bertz CT molecular complexity index is 580. The minimum absolute atomic E-state index is 0.00230. The van der Waals surface area contributed by atoms with Crippen LogP contribution in [0.5, 0.6) is 0 Å². The van der Waals surface area contributed by atoms with Gasteiger partial charge in [0.25, 0.3) is 11.6 Å². The van der Waals surface area contributed by atoms with Crippen molar-refractivity contribution in [3.63, 3.8) is 0 Å². The first-order valence-corrected chi connectivity index (χ1v) is 7.29. The number of hydrogen-bond donors (Lipinski definition) is 0. The number of aldehydes is 1. The van der Waals surface area contributed by atoms with Gasteiger partial charge in [0.15, 0.2) is 0 Å². The highest BCUT2D eigenvalue weighted by molar-refractivity contribution is 5.96. The van der Waals surface area contributed by atoms with Crippen molar-refractivity contribution in [2.24, 2.45) is 0 Å². The SMILES string of the molecule is CCN1CCN(C(=O)c2ccc([N+](=O)[O-])cc2CC=O)CC1. The Balaban J connectivity index is 2.21. The van der Waals surface area contributed by atoms with Crippen LogP contribution in [0.25, 0.3) is 0 Å². The number of nitrogens with zero attached hydrogens (tertiary/aromatic N) is 3. The highest BCUT2D eigenvalue weighted by Gasteiger charge is 2.24. The summed E-state index contributed by atoms with van der Waals surface area (Å²) in [6.07, 6.45) is 0.655. The molecule has 1 amide bonds. The first-order valence-electron chi connectivity index (χ1n) is 7.29. The van der Waals surface area contributed by atoms with Crippen molar-refractivity contribution < 1.29 is 14.5 Å². The summed E-state index contributed by atoms with van der Waals surface area (Å²) < 4.78 is 0. The van der Waals surface area contributed by atoms with E-state index >= 15 is 0 Å². The van der Waals surface area contributed by atoms with Gasteiger partial charge in [-0.05, 0) is 18.2 Å². The topological polar surface area (TPSA) is 83.8 Å². The zero-order valence-electron chi connectivity index (χ0n) is 12.5. The molecule has 0 unspecified atom stereocenters. The monoisotopic (exact) mass is 305 g/mol. The first kappa shape index (κ1) is 16.1. The molecule has 0 atom stereocenters. The van der Waals surface area contributed by atoms with Gasteiger partial charge in [0.1, 0.15) is 6.29 Å². The van der Waals surface area contributed by atoms with Crippen molar-refractivity contribution in [2.75, 3.05) is 32.7 Å². The smallest absolute Gasteiger partial charge is 0.269 e. The quantitative estimate of drug-likeness (QED) is 0.462. The lowest BCUT2D eigenvalue weighted by Crippen LogP contribution is -2.48. The molecule has 1 fully saturated rings. The van der Waals surface area contributed by atoms with Crippen molar-refractivity contribution in [3.05, 3.63) is 39.4 Å². The van der Waals surface area contributed by atoms with Crippen LogP contribution < -0.4 is 0 Å². The van der Waals surface area contributed by atoms with E-state index in [4.69, 9.17) is 0 Å². The van der Waals surface area contributed by atoms with Crippen LogP contribution in [0, 0.1) is 10.1 Å². The largest absolute Gasteiger partial charge is 0.336 e. The number of likely N-dealkylation sites (N-methyl/N-ethyl adjacent to an activating group) is 1. The highest BCUT2D eigenvalue weighted by atomic mass is 16.6. The molecule has 1 heterocycles. The van der Waals surface area contributed by atoms with Gasteiger partial charge in [0, 0.05) is 50.3 Å². The Labute approximate surface area is 128 Å². The second kappa shape index (κ2) is 7.13. The van der Waals surface area contributed by atoms with Gasteiger partial charge in [-0.2, -0.15) is 0 Å². The number of nitro groups is 1. The standard InChI is InChI=1S/C15H19N3O4/c1-2-16-6-8-17(9-7-16)15(20)14-4-3-13(18(21)22)11-12(14)5-10-19/h3-4,10-11H,2,5-9H2,1H3. The number of rotatable bonds is 5. The third kappa shape index (κ3) is 3.48. The average molecular weight is 305 g/mol. The lowest BCUT2D eigenvalue weighted by Gasteiger charge is -2.34. The fraction of sp³-hybridized carbons (Fsp3) is 0.467. The molecule has 1 aliphatic rings. The van der Waals surface area contributed by atoms with Gasteiger partial charge in [-0.1, -0.05) is 6.92 Å². The first-order chi connectivity index (χ1) is 10.6. The second-order valence-electron chi connectivity index (χ2n) is 5.20. The zero-order valence-corrected chi connectivity index (χ0v) is 12.5. The van der Waals surface area contributed by atoms with Crippen LogP contribution in [0.2, 0.25) is 0 Å². The van der Waals surface area contributed by atoms with Gasteiger partial charge in [-0.25, -0.2) is 0 Å². The van der Waals surface area contributed by atoms with Gasteiger partial charge in [-0.15, -0.1) is 0 Å². The highest BCUT2D eigenvalue weighted by Crippen LogP contribution is 2.20. The maximum Gasteiger partial charge on any atom is 0.269 e. The predicted octanol–water partition coefficient (Wildman–Crippen LogP) is 1.11.